The van der Waals surface area contributed by atoms with Crippen LogP contribution in [0.5, 0.6) is 0 Å². The highest BCUT2D eigenvalue weighted by Gasteiger charge is 2.49. The molecular weight excluding hydrogens is 394 g/mol. The summed E-state index contributed by atoms with van der Waals surface area (Å²) in [5, 5.41) is 9.57. The molecule has 1 aliphatic carbocycles. The van der Waals surface area contributed by atoms with Gasteiger partial charge in [0.25, 0.3) is 5.91 Å². The van der Waals surface area contributed by atoms with E-state index in [9.17, 15) is 14.7 Å². The number of aromatic amines is 1. The number of furan rings is 1. The normalized spacial score (nSPS) is 27.5. The summed E-state index contributed by atoms with van der Waals surface area (Å²) < 4.78 is 5.71. The number of hydrogen-bond acceptors (Lipinski definition) is 4. The Labute approximate surface area is 179 Å². The average Bonchev–Trinajstić information content (AvgIpc) is 3.51. The molecule has 0 unspecified atom stereocenters. The standard InChI is InChI=1S/C24H25N3O4/c28-16-12-15(13-16)23(29)26-9-6-19-18(26)7-10-27(19)24(30)21-20(14-4-2-1-3-5-14)22-17(25-21)8-11-31-22/h1-5,8,11,15-16,18-19,25,28H,6-7,9-10,12-13H2/t15?,16?,18-,19-/m1/s1. The van der Waals surface area contributed by atoms with Crippen LogP contribution in [0.4, 0.5) is 0 Å². The van der Waals surface area contributed by atoms with E-state index in [0.717, 1.165) is 29.5 Å². The monoisotopic (exact) mass is 419 g/mol. The highest BCUT2D eigenvalue weighted by molar-refractivity contribution is 6.08. The predicted molar refractivity (Wildman–Crippen MR) is 114 cm³/mol. The first kappa shape index (κ1) is 18.7. The van der Waals surface area contributed by atoms with Gasteiger partial charge in [0, 0.05) is 25.1 Å². The zero-order valence-electron chi connectivity index (χ0n) is 17.2. The Morgan fingerprint density at radius 2 is 1.71 bits per heavy atom. The first-order chi connectivity index (χ1) is 15.1. The lowest BCUT2D eigenvalue weighted by Crippen LogP contribution is -2.47. The molecule has 3 aromatic rings. The molecule has 1 aromatic carbocycles. The number of likely N-dealkylation sites (tertiary alicyclic amines) is 2. The minimum Gasteiger partial charge on any atom is -0.462 e. The van der Waals surface area contributed by atoms with Gasteiger partial charge in [-0.25, -0.2) is 0 Å². The van der Waals surface area contributed by atoms with E-state index in [4.69, 9.17) is 4.42 Å². The maximum absolute atomic E-state index is 13.7. The van der Waals surface area contributed by atoms with Crippen molar-refractivity contribution in [2.24, 2.45) is 5.92 Å². The Balaban J connectivity index is 1.29. The molecule has 2 amide bonds. The number of nitrogens with one attached hydrogen (secondary N) is 1. The fourth-order valence-electron chi connectivity index (χ4n) is 5.63. The van der Waals surface area contributed by atoms with Crippen molar-refractivity contribution in [2.45, 2.75) is 43.9 Å². The van der Waals surface area contributed by atoms with E-state index in [-0.39, 0.29) is 35.9 Å². The van der Waals surface area contributed by atoms with E-state index >= 15 is 0 Å². The number of aromatic nitrogens is 1. The van der Waals surface area contributed by atoms with Crippen LogP contribution in [0.2, 0.25) is 0 Å². The Morgan fingerprint density at radius 1 is 1.00 bits per heavy atom. The molecular formula is C24H25N3O4. The summed E-state index contributed by atoms with van der Waals surface area (Å²) in [5.41, 5.74) is 3.79. The minimum absolute atomic E-state index is 0.0360. The van der Waals surface area contributed by atoms with E-state index in [2.05, 4.69) is 4.98 Å². The summed E-state index contributed by atoms with van der Waals surface area (Å²) in [6.45, 7) is 1.32. The molecule has 31 heavy (non-hydrogen) atoms. The molecule has 7 heteroatoms. The molecule has 0 radical (unpaired) electrons. The third kappa shape index (κ3) is 2.83. The van der Waals surface area contributed by atoms with Crippen molar-refractivity contribution in [3.05, 3.63) is 48.4 Å². The van der Waals surface area contributed by atoms with Gasteiger partial charge in [-0.15, -0.1) is 0 Å². The van der Waals surface area contributed by atoms with Crippen LogP contribution in [-0.2, 0) is 4.79 Å². The van der Waals surface area contributed by atoms with Crippen molar-refractivity contribution in [1.29, 1.82) is 0 Å². The van der Waals surface area contributed by atoms with Crippen LogP contribution < -0.4 is 0 Å². The second kappa shape index (κ2) is 6.99. The van der Waals surface area contributed by atoms with Crippen molar-refractivity contribution in [3.8, 4) is 11.1 Å². The number of nitrogens with zero attached hydrogens (tertiary/aromatic N) is 2. The van der Waals surface area contributed by atoms with Gasteiger partial charge in [0.05, 0.1) is 35.5 Å². The zero-order valence-corrected chi connectivity index (χ0v) is 17.2. The van der Waals surface area contributed by atoms with Crippen molar-refractivity contribution in [1.82, 2.24) is 14.8 Å². The molecule has 0 bridgehead atoms. The van der Waals surface area contributed by atoms with Crippen LogP contribution in [0.15, 0.2) is 47.1 Å². The van der Waals surface area contributed by atoms with Crippen LogP contribution in [0.1, 0.15) is 36.2 Å². The molecule has 2 saturated heterocycles. The lowest BCUT2D eigenvalue weighted by molar-refractivity contribution is -0.143. The molecule has 3 aliphatic rings. The number of carbonyl (C=O) groups is 2. The second-order valence-electron chi connectivity index (χ2n) is 8.97. The Hall–Kier alpha value is -3.06. The molecule has 6 rings (SSSR count). The highest BCUT2D eigenvalue weighted by Crippen LogP contribution is 2.39. The van der Waals surface area contributed by atoms with Gasteiger partial charge < -0.3 is 24.3 Å². The molecule has 1 saturated carbocycles. The molecule has 7 nitrogen and oxygen atoms in total. The Kier molecular flexibility index (Phi) is 4.21. The van der Waals surface area contributed by atoms with Gasteiger partial charge >= 0.3 is 0 Å². The number of aliphatic hydroxyl groups excluding tert-OH is 1. The maximum atomic E-state index is 13.7. The van der Waals surface area contributed by atoms with Crippen LogP contribution >= 0.6 is 0 Å². The summed E-state index contributed by atoms with van der Waals surface area (Å²) in [6, 6.07) is 11.8. The van der Waals surface area contributed by atoms with Gasteiger partial charge in [-0.05, 0) is 31.2 Å². The quantitative estimate of drug-likeness (QED) is 0.683. The number of amides is 2. The topological polar surface area (TPSA) is 89.8 Å². The number of carbonyl (C=O) groups excluding carboxylic acids is 2. The van der Waals surface area contributed by atoms with Gasteiger partial charge in [0.1, 0.15) is 5.69 Å². The summed E-state index contributed by atoms with van der Waals surface area (Å²) in [5.74, 6) is 0.0547. The lowest BCUT2D eigenvalue weighted by Gasteiger charge is -2.35. The van der Waals surface area contributed by atoms with Crippen LogP contribution in [0.3, 0.4) is 0 Å². The predicted octanol–water partition coefficient (Wildman–Crippen LogP) is 3.01. The Morgan fingerprint density at radius 3 is 2.45 bits per heavy atom. The molecule has 3 fully saturated rings. The smallest absolute Gasteiger partial charge is 0.271 e. The maximum Gasteiger partial charge on any atom is 0.271 e. The van der Waals surface area contributed by atoms with Gasteiger partial charge in [-0.2, -0.15) is 0 Å². The summed E-state index contributed by atoms with van der Waals surface area (Å²) in [7, 11) is 0. The highest BCUT2D eigenvalue weighted by atomic mass is 16.3. The van der Waals surface area contributed by atoms with Gasteiger partial charge in [0.15, 0.2) is 5.58 Å². The third-order valence-electron chi connectivity index (χ3n) is 7.26. The number of fused-ring (bicyclic) bond motifs is 2. The molecule has 0 spiro atoms. The van der Waals surface area contributed by atoms with Crippen molar-refractivity contribution in [3.63, 3.8) is 0 Å². The minimum atomic E-state index is -0.337. The fraction of sp³-hybridized carbons (Fsp3) is 0.417. The molecule has 2 N–H and O–H groups in total. The molecule has 2 aromatic heterocycles. The van der Waals surface area contributed by atoms with E-state index in [0.29, 0.717) is 37.2 Å². The third-order valence-corrected chi connectivity index (χ3v) is 7.26. The van der Waals surface area contributed by atoms with Crippen LogP contribution in [0.25, 0.3) is 22.2 Å². The number of aliphatic hydroxyl groups is 1. The van der Waals surface area contributed by atoms with E-state index in [1.54, 1.807) is 6.26 Å². The Bertz CT molecular complexity index is 1140. The SMILES string of the molecule is O=C(c1[nH]c2ccoc2c1-c1ccccc1)N1CC[C@@H]2[C@H]1CCN2C(=O)C1CC(O)C1. The summed E-state index contributed by atoms with van der Waals surface area (Å²) in [4.78, 5) is 33.7. The van der Waals surface area contributed by atoms with Crippen molar-refractivity contribution in [2.75, 3.05) is 13.1 Å². The average molecular weight is 419 g/mol. The number of hydrogen-bond donors (Lipinski definition) is 2. The number of rotatable bonds is 3. The van der Waals surface area contributed by atoms with Gasteiger partial charge in [-0.3, -0.25) is 9.59 Å². The molecule has 160 valence electrons. The number of H-pyrrole nitrogens is 1. The second-order valence-corrected chi connectivity index (χ2v) is 8.97. The van der Waals surface area contributed by atoms with Crippen LogP contribution in [0, 0.1) is 5.92 Å². The van der Waals surface area contributed by atoms with Gasteiger partial charge in [-0.1, -0.05) is 30.3 Å². The van der Waals surface area contributed by atoms with E-state index in [1.165, 1.54) is 0 Å². The number of benzene rings is 1. The largest absolute Gasteiger partial charge is 0.462 e. The van der Waals surface area contributed by atoms with Crippen molar-refractivity contribution >= 4 is 22.9 Å². The zero-order chi connectivity index (χ0) is 21.1. The lowest BCUT2D eigenvalue weighted by atomic mass is 9.81. The summed E-state index contributed by atoms with van der Waals surface area (Å²) in [6.07, 6.45) is 4.03. The molecule has 4 heterocycles. The fourth-order valence-corrected chi connectivity index (χ4v) is 5.63. The first-order valence-corrected chi connectivity index (χ1v) is 11.1. The molecule has 2 aliphatic heterocycles. The van der Waals surface area contributed by atoms with Crippen LogP contribution in [-0.4, -0.2) is 63.0 Å². The molecule has 2 atom stereocenters. The first-order valence-electron chi connectivity index (χ1n) is 11.1. The van der Waals surface area contributed by atoms with E-state index in [1.807, 2.05) is 46.2 Å². The van der Waals surface area contributed by atoms with E-state index < -0.39 is 0 Å². The van der Waals surface area contributed by atoms with Gasteiger partial charge in [0.2, 0.25) is 5.91 Å². The van der Waals surface area contributed by atoms with Crippen molar-refractivity contribution < 1.29 is 19.1 Å². The summed E-state index contributed by atoms with van der Waals surface area (Å²) >= 11 is 0.